The third-order valence-electron chi connectivity index (χ3n) is 4.64. The van der Waals surface area contributed by atoms with Gasteiger partial charge in [-0.2, -0.15) is 0 Å². The Morgan fingerprint density at radius 3 is 2.44 bits per heavy atom. The van der Waals surface area contributed by atoms with E-state index in [0.29, 0.717) is 12.1 Å². The van der Waals surface area contributed by atoms with Gasteiger partial charge >= 0.3 is 12.0 Å². The molecule has 13 heteroatoms. The van der Waals surface area contributed by atoms with Gasteiger partial charge in [0.2, 0.25) is 5.75 Å². The second-order valence-electron chi connectivity index (χ2n) is 6.79. The zero-order valence-electron chi connectivity index (χ0n) is 17.2. The number of hydrogen-bond acceptors (Lipinski definition) is 7. The number of rotatable bonds is 8. The molecule has 8 nitrogen and oxygen atoms in total. The van der Waals surface area contributed by atoms with Gasteiger partial charge < -0.3 is 9.47 Å². The predicted octanol–water partition coefficient (Wildman–Crippen LogP) is 4.98. The van der Waals surface area contributed by atoms with E-state index in [1.807, 2.05) is 0 Å². The van der Waals surface area contributed by atoms with Crippen molar-refractivity contribution in [3.05, 3.63) is 87.5 Å². The van der Waals surface area contributed by atoms with Gasteiger partial charge in [0.15, 0.2) is 17.3 Å². The van der Waals surface area contributed by atoms with Gasteiger partial charge in [-0.1, -0.05) is 6.07 Å². The minimum Gasteiger partial charge on any atom is -0.490 e. The van der Waals surface area contributed by atoms with E-state index in [2.05, 4.69) is 14.7 Å². The maximum atomic E-state index is 14.5. The lowest BCUT2D eigenvalue weighted by molar-refractivity contribution is -0.386. The third kappa shape index (κ3) is 5.60. The van der Waals surface area contributed by atoms with Crippen LogP contribution in [0.1, 0.15) is 34.1 Å². The van der Waals surface area contributed by atoms with Gasteiger partial charge in [0.25, 0.3) is 0 Å². The molecule has 1 atom stereocenters. The predicted molar refractivity (Wildman–Crippen MR) is 106 cm³/mol. The van der Waals surface area contributed by atoms with Crippen molar-refractivity contribution >= 4 is 11.5 Å². The molecule has 0 saturated carbocycles. The van der Waals surface area contributed by atoms with Crippen molar-refractivity contribution in [2.24, 2.45) is 0 Å². The van der Waals surface area contributed by atoms with Crippen LogP contribution < -0.4 is 9.47 Å². The van der Waals surface area contributed by atoms with E-state index in [-0.39, 0.29) is 22.7 Å². The second kappa shape index (κ2) is 9.77. The Hall–Kier alpha value is -4.16. The molecule has 0 fully saturated rings. The highest BCUT2D eigenvalue weighted by Gasteiger charge is 2.33. The molecule has 34 heavy (non-hydrogen) atoms. The highest BCUT2D eigenvalue weighted by atomic mass is 19.4. The fourth-order valence-electron chi connectivity index (χ4n) is 3.14. The minimum absolute atomic E-state index is 0.0631. The summed E-state index contributed by atoms with van der Waals surface area (Å²) in [6.45, 7) is 0. The zero-order chi connectivity index (χ0) is 25.0. The van der Waals surface area contributed by atoms with Crippen LogP contribution in [0.5, 0.6) is 11.5 Å². The molecule has 0 spiro atoms. The summed E-state index contributed by atoms with van der Waals surface area (Å²) in [7, 11) is 1.15. The summed E-state index contributed by atoms with van der Waals surface area (Å²) in [6, 6.07) is 5.76. The number of benzene rings is 1. The molecule has 0 aliphatic rings. The molecule has 0 unspecified atom stereocenters. The highest BCUT2D eigenvalue weighted by Crippen LogP contribution is 2.34. The van der Waals surface area contributed by atoms with Crippen LogP contribution in [0.15, 0.2) is 48.8 Å². The Morgan fingerprint density at radius 1 is 1.12 bits per heavy atom. The van der Waals surface area contributed by atoms with E-state index >= 15 is 0 Å². The summed E-state index contributed by atoms with van der Waals surface area (Å²) >= 11 is 0. The third-order valence-corrected chi connectivity index (χ3v) is 4.64. The molecule has 0 amide bonds. The van der Waals surface area contributed by atoms with Crippen molar-refractivity contribution in [1.82, 2.24) is 9.97 Å². The van der Waals surface area contributed by atoms with E-state index in [4.69, 9.17) is 4.74 Å². The molecular weight excluding hydrogens is 469 g/mol. The maximum absolute atomic E-state index is 14.5. The fraction of sp³-hybridized carbons (Fsp3) is 0.190. The monoisotopic (exact) mass is 483 g/mol. The number of halogens is 5. The van der Waals surface area contributed by atoms with Crippen molar-refractivity contribution in [3.63, 3.8) is 0 Å². The number of hydrogen-bond donors (Lipinski definition) is 0. The number of ketones is 1. The average molecular weight is 483 g/mol. The minimum atomic E-state index is -5.13. The van der Waals surface area contributed by atoms with Gasteiger partial charge in [0, 0.05) is 24.6 Å². The number of nitrogens with zero attached hydrogens (tertiary/aromatic N) is 3. The molecule has 1 aromatic carbocycles. The summed E-state index contributed by atoms with van der Waals surface area (Å²) in [5.41, 5.74) is -1.09. The van der Waals surface area contributed by atoms with Crippen LogP contribution in [0.25, 0.3) is 0 Å². The standard InChI is InChI=1S/C21H14F5N3O5/c1-33-19-9-15(28-10-16(19)29(31)32)17(30)8-12(20-13(22)3-2-6-27-20)11-4-5-18(14(23)7-11)34-21(24,25)26/h2-7,9-10,12H,8H2,1H3/t12-/m0/s1. The second-order valence-corrected chi connectivity index (χ2v) is 6.79. The van der Waals surface area contributed by atoms with E-state index in [1.165, 1.54) is 12.3 Å². The number of pyridine rings is 2. The van der Waals surface area contributed by atoms with Crippen molar-refractivity contribution in [2.45, 2.75) is 18.7 Å². The van der Waals surface area contributed by atoms with Crippen LogP contribution in [0, 0.1) is 21.7 Å². The van der Waals surface area contributed by atoms with Crippen molar-refractivity contribution < 1.29 is 41.1 Å². The number of carbonyl (C=O) groups excluding carboxylic acids is 1. The first-order valence-electron chi connectivity index (χ1n) is 9.37. The number of alkyl halides is 3. The largest absolute Gasteiger partial charge is 0.573 e. The fourth-order valence-corrected chi connectivity index (χ4v) is 3.14. The normalized spacial score (nSPS) is 12.2. The summed E-state index contributed by atoms with van der Waals surface area (Å²) in [5.74, 6) is -5.55. The quantitative estimate of drug-likeness (QED) is 0.193. The smallest absolute Gasteiger partial charge is 0.490 e. The zero-order valence-corrected chi connectivity index (χ0v) is 17.2. The van der Waals surface area contributed by atoms with E-state index in [9.17, 15) is 36.9 Å². The van der Waals surface area contributed by atoms with Crippen LogP contribution in [-0.2, 0) is 0 Å². The molecule has 2 heterocycles. The molecule has 0 bridgehead atoms. The van der Waals surface area contributed by atoms with Gasteiger partial charge in [-0.15, -0.1) is 13.2 Å². The van der Waals surface area contributed by atoms with Crippen LogP contribution in [0.3, 0.4) is 0 Å². The molecule has 0 aliphatic heterocycles. The van der Waals surface area contributed by atoms with Gasteiger partial charge in [0.1, 0.15) is 17.7 Å². The summed E-state index contributed by atoms with van der Waals surface area (Å²) < 4.78 is 74.6. The molecule has 0 aliphatic carbocycles. The lowest BCUT2D eigenvalue weighted by Crippen LogP contribution is -2.18. The van der Waals surface area contributed by atoms with E-state index < -0.39 is 52.5 Å². The van der Waals surface area contributed by atoms with Gasteiger partial charge in [-0.3, -0.25) is 19.9 Å². The van der Waals surface area contributed by atoms with Crippen LogP contribution >= 0.6 is 0 Å². The van der Waals surface area contributed by atoms with Gasteiger partial charge in [0.05, 0.1) is 17.7 Å². The van der Waals surface area contributed by atoms with Crippen LogP contribution in [0.4, 0.5) is 27.6 Å². The van der Waals surface area contributed by atoms with Crippen molar-refractivity contribution in [2.75, 3.05) is 7.11 Å². The summed E-state index contributed by atoms with van der Waals surface area (Å²) in [5, 5.41) is 11.0. The molecule has 178 valence electrons. The molecule has 0 N–H and O–H groups in total. The first kappa shape index (κ1) is 24.5. The summed E-state index contributed by atoms with van der Waals surface area (Å²) in [4.78, 5) is 30.8. The van der Waals surface area contributed by atoms with Crippen LogP contribution in [0.2, 0.25) is 0 Å². The Balaban J connectivity index is 2.00. The van der Waals surface area contributed by atoms with Gasteiger partial charge in [-0.25, -0.2) is 13.8 Å². The van der Waals surface area contributed by atoms with Gasteiger partial charge in [-0.05, 0) is 29.8 Å². The molecule has 3 rings (SSSR count). The molecule has 0 saturated heterocycles. The Labute approximate surface area is 188 Å². The number of methoxy groups -OCH3 is 1. The lowest BCUT2D eigenvalue weighted by atomic mass is 9.89. The lowest BCUT2D eigenvalue weighted by Gasteiger charge is -2.18. The number of aromatic nitrogens is 2. The Bertz CT molecular complexity index is 1240. The van der Waals surface area contributed by atoms with E-state index in [0.717, 1.165) is 31.5 Å². The highest BCUT2D eigenvalue weighted by molar-refractivity contribution is 5.95. The first-order chi connectivity index (χ1) is 16.0. The number of ether oxygens (including phenoxy) is 2. The molecule has 3 aromatic rings. The Morgan fingerprint density at radius 2 is 1.85 bits per heavy atom. The maximum Gasteiger partial charge on any atom is 0.573 e. The molecule has 2 aromatic heterocycles. The topological polar surface area (TPSA) is 104 Å². The van der Waals surface area contributed by atoms with Crippen molar-refractivity contribution in [1.29, 1.82) is 0 Å². The molecular formula is C21H14F5N3O5. The summed E-state index contributed by atoms with van der Waals surface area (Å²) in [6.07, 6.45) is -3.64. The van der Waals surface area contributed by atoms with Crippen LogP contribution in [-0.4, -0.2) is 34.1 Å². The SMILES string of the molecule is COc1cc(C(=O)C[C@@H](c2ccc(OC(F)(F)F)c(F)c2)c2ncccc2F)ncc1[N+](=O)[O-]. The Kier molecular flexibility index (Phi) is 7.03. The molecule has 0 radical (unpaired) electrons. The van der Waals surface area contributed by atoms with E-state index in [1.54, 1.807) is 0 Å². The number of nitro groups is 1. The number of carbonyl (C=O) groups is 1. The average Bonchev–Trinajstić information content (AvgIpc) is 2.78. The first-order valence-corrected chi connectivity index (χ1v) is 9.37. The van der Waals surface area contributed by atoms with Crippen molar-refractivity contribution in [3.8, 4) is 11.5 Å². The number of Topliss-reactive ketones (excluding diaryl/α,β-unsaturated/α-hetero) is 1.